The van der Waals surface area contributed by atoms with Crippen molar-refractivity contribution < 1.29 is 77.4 Å². The van der Waals surface area contributed by atoms with Crippen molar-refractivity contribution in [3.63, 3.8) is 0 Å². The minimum Gasteiger partial charge on any atom is -0.473 e. The first kappa shape index (κ1) is 54.6. The highest BCUT2D eigenvalue weighted by Gasteiger charge is 2.37. The average Bonchev–Trinajstić information content (AvgIpc) is 4.16. The smallest absolute Gasteiger partial charge is 0.319 e. The van der Waals surface area contributed by atoms with E-state index in [1.54, 1.807) is 0 Å². The van der Waals surface area contributed by atoms with Gasteiger partial charge in [0.25, 0.3) is 11.8 Å². The molecule has 4 aromatic carbocycles. The maximum Gasteiger partial charge on any atom is 0.319 e. The molecule has 8 rings (SSSR count). The van der Waals surface area contributed by atoms with Crippen LogP contribution >= 0.6 is 45.9 Å². The van der Waals surface area contributed by atoms with Crippen LogP contribution in [0.3, 0.4) is 0 Å². The number of benzene rings is 4. The number of hydrogen-bond acceptors (Lipinski definition) is 17. The van der Waals surface area contributed by atoms with Crippen molar-refractivity contribution in [3.8, 4) is 11.5 Å². The lowest BCUT2D eigenvalue weighted by atomic mass is 10.1. The van der Waals surface area contributed by atoms with Crippen LogP contribution in [0.25, 0.3) is 0 Å². The van der Waals surface area contributed by atoms with Crippen molar-refractivity contribution in [2.24, 2.45) is 0 Å². The fraction of sp³-hybridized carbons (Fsp3) is 0.250. The molecule has 2 saturated carbocycles. The Balaban J connectivity index is 0.909. The molecule has 2 aliphatic rings. The molecule has 0 saturated heterocycles. The van der Waals surface area contributed by atoms with E-state index in [1.807, 2.05) is 0 Å². The van der Waals surface area contributed by atoms with Crippen LogP contribution in [-0.2, 0) is 66.0 Å². The zero-order valence-electron chi connectivity index (χ0n) is 38.2. The van der Waals surface area contributed by atoms with Gasteiger partial charge in [0.15, 0.2) is 53.1 Å². The first-order valence-electron chi connectivity index (χ1n) is 22.1. The van der Waals surface area contributed by atoms with Gasteiger partial charge < -0.3 is 14.2 Å². The van der Waals surface area contributed by atoms with Crippen LogP contribution in [-0.4, -0.2) is 72.6 Å². The van der Waals surface area contributed by atoms with Gasteiger partial charge in [-0.25, -0.2) is 44.4 Å². The molecule has 27 heteroatoms. The Hall–Kier alpha value is -6.64. The van der Waals surface area contributed by atoms with Gasteiger partial charge in [0.1, 0.15) is 31.9 Å². The summed E-state index contributed by atoms with van der Waals surface area (Å²) < 4.78 is 126. The number of anilines is 2. The van der Waals surface area contributed by atoms with Crippen molar-refractivity contribution >= 4 is 111 Å². The molecule has 2 fully saturated rings. The van der Waals surface area contributed by atoms with Gasteiger partial charge in [-0.05, 0) is 61.4 Å². The van der Waals surface area contributed by atoms with Gasteiger partial charge in [-0.1, -0.05) is 70.1 Å². The summed E-state index contributed by atoms with van der Waals surface area (Å²) in [6, 6.07) is 14.4. The third-order valence-electron chi connectivity index (χ3n) is 11.7. The second-order valence-corrected chi connectivity index (χ2v) is 24.5. The number of esters is 2. The number of nitrogens with zero attached hydrogens (tertiary/aromatic N) is 2. The molecule has 17 nitrogen and oxygen atoms in total. The fourth-order valence-corrected chi connectivity index (χ4v) is 13.4. The van der Waals surface area contributed by atoms with Crippen LogP contribution in [0, 0.1) is 23.3 Å². The molecule has 2 aliphatic carbocycles. The van der Waals surface area contributed by atoms with E-state index in [4.69, 9.17) is 37.4 Å². The molecule has 0 aliphatic heterocycles. The average molecular weight is 1150 g/mol. The number of thiazole rings is 2. The van der Waals surface area contributed by atoms with E-state index >= 15 is 0 Å². The van der Waals surface area contributed by atoms with E-state index in [0.29, 0.717) is 34.8 Å². The summed E-state index contributed by atoms with van der Waals surface area (Å²) in [6.45, 7) is 0. The van der Waals surface area contributed by atoms with Gasteiger partial charge in [0.2, 0.25) is 12.2 Å². The predicted molar refractivity (Wildman–Crippen MR) is 262 cm³/mol. The molecule has 4 unspecified atom stereocenters. The highest BCUT2D eigenvalue weighted by molar-refractivity contribution is 7.92. The Morgan fingerprint density at radius 1 is 0.600 bits per heavy atom. The highest BCUT2D eigenvalue weighted by atomic mass is 35.5. The molecule has 0 bridgehead atoms. The van der Waals surface area contributed by atoms with Gasteiger partial charge in [-0.15, -0.1) is 0 Å². The number of halogens is 6. The third kappa shape index (κ3) is 12.9. The number of aromatic nitrogens is 2. The SMILES string of the molecule is O=C1CCC(S(=O)(=O)c2ccc(C(Oc3ccc(F)cc3F)C(=O)Nc3nc(CC(=O)OC(=O)Cc4nc(NC(=O)C(Oc5ccc(F)cc5F)c5ccc(S(=O)(=O)C6CCC(=O)C6)cc5)sc4Cl)c(Cl)s3)cc2)C1. The molecule has 0 spiro atoms. The normalized spacial score (nSPS) is 16.6. The molecule has 2 N–H and O–H groups in total. The zero-order valence-corrected chi connectivity index (χ0v) is 42.9. The highest BCUT2D eigenvalue weighted by Crippen LogP contribution is 2.36. The summed E-state index contributed by atoms with van der Waals surface area (Å²) in [7, 11) is -7.86. The van der Waals surface area contributed by atoms with Crippen LogP contribution in [0.15, 0.2) is 94.7 Å². The number of hydrogen-bond donors (Lipinski definition) is 2. The number of carbonyl (C=O) groups excluding carboxylic acids is 6. The van der Waals surface area contributed by atoms with Crippen molar-refractivity contribution in [2.75, 3.05) is 10.6 Å². The van der Waals surface area contributed by atoms with Crippen LogP contribution in [0.1, 0.15) is 73.2 Å². The van der Waals surface area contributed by atoms with Crippen LogP contribution in [0.4, 0.5) is 27.8 Å². The Labute approximate surface area is 441 Å². The van der Waals surface area contributed by atoms with Gasteiger partial charge in [-0.2, -0.15) is 0 Å². The first-order chi connectivity index (χ1) is 35.5. The van der Waals surface area contributed by atoms with E-state index in [9.17, 15) is 63.2 Å². The van der Waals surface area contributed by atoms with Gasteiger partial charge in [0, 0.05) is 48.9 Å². The van der Waals surface area contributed by atoms with Gasteiger partial charge >= 0.3 is 11.9 Å². The van der Waals surface area contributed by atoms with E-state index in [1.165, 1.54) is 48.5 Å². The second kappa shape index (κ2) is 22.7. The number of amides is 2. The number of Topliss-reactive ketones (excluding diaryl/α,β-unsaturated/α-hetero) is 2. The van der Waals surface area contributed by atoms with Crippen LogP contribution in [0.2, 0.25) is 8.67 Å². The van der Waals surface area contributed by atoms with Crippen molar-refractivity contribution in [2.45, 2.75) is 83.9 Å². The summed E-state index contributed by atoms with van der Waals surface area (Å²) in [4.78, 5) is 85.0. The number of ether oxygens (including phenoxy) is 3. The van der Waals surface area contributed by atoms with E-state index < -0.39 is 114 Å². The molecular weight excluding hydrogens is 1120 g/mol. The van der Waals surface area contributed by atoms with Crippen molar-refractivity contribution in [3.05, 3.63) is 139 Å². The van der Waals surface area contributed by atoms with Gasteiger partial charge in [0.05, 0.1) is 44.5 Å². The first-order valence-corrected chi connectivity index (χ1v) is 27.6. The summed E-state index contributed by atoms with van der Waals surface area (Å²) >= 11 is 14.0. The lowest BCUT2D eigenvalue weighted by Crippen LogP contribution is -2.26. The number of carbonyl (C=O) groups is 6. The molecule has 75 heavy (non-hydrogen) atoms. The summed E-state index contributed by atoms with van der Waals surface area (Å²) in [5, 5.41) is 2.60. The number of sulfone groups is 2. The number of rotatable bonds is 18. The minimum atomic E-state index is -3.93. The van der Waals surface area contributed by atoms with E-state index in [2.05, 4.69) is 20.6 Å². The molecule has 392 valence electrons. The molecule has 2 heterocycles. The second-order valence-electron chi connectivity index (χ2n) is 16.8. The largest absolute Gasteiger partial charge is 0.473 e. The minimum absolute atomic E-state index is 0.0205. The maximum atomic E-state index is 14.8. The third-order valence-corrected chi connectivity index (χ3v) is 18.6. The zero-order chi connectivity index (χ0) is 53.9. The topological polar surface area (TPSA) is 248 Å². The summed E-state index contributed by atoms with van der Waals surface area (Å²) in [5.74, 6) is -9.98. The Kier molecular flexibility index (Phi) is 16.5. The van der Waals surface area contributed by atoms with Gasteiger partial charge in [-0.3, -0.25) is 39.4 Å². The Bertz CT molecular complexity index is 3260. The quantitative estimate of drug-likeness (QED) is 0.0464. The Morgan fingerprint density at radius 3 is 1.31 bits per heavy atom. The molecule has 6 aromatic rings. The van der Waals surface area contributed by atoms with Crippen LogP contribution < -0.4 is 20.1 Å². The lowest BCUT2D eigenvalue weighted by Gasteiger charge is -2.19. The predicted octanol–water partition coefficient (Wildman–Crippen LogP) is 8.63. The number of nitrogens with one attached hydrogen (secondary N) is 2. The molecular formula is C48H36Cl2F4N4O13S4. The lowest BCUT2D eigenvalue weighted by molar-refractivity contribution is -0.158. The maximum absolute atomic E-state index is 14.8. The molecule has 2 aromatic heterocycles. The van der Waals surface area contributed by atoms with Crippen molar-refractivity contribution in [1.29, 1.82) is 0 Å². The van der Waals surface area contributed by atoms with E-state index in [0.717, 1.165) is 24.3 Å². The monoisotopic (exact) mass is 1150 g/mol. The van der Waals surface area contributed by atoms with Crippen LogP contribution in [0.5, 0.6) is 11.5 Å². The Morgan fingerprint density at radius 2 is 0.973 bits per heavy atom. The van der Waals surface area contributed by atoms with E-state index in [-0.39, 0.29) is 101 Å². The fourth-order valence-electron chi connectivity index (χ4n) is 7.89. The summed E-state index contributed by atoms with van der Waals surface area (Å²) in [5.41, 5.74) is -0.279. The standard InChI is InChI=1S/C48H36Cl2F4N4O13S4/c49-43-35(55-47(72-43)57-45(63)41(69-37-15-5-25(51)17-33(37)53)23-1-9-29(10-2-23)74(65,66)31-13-7-27(59)19-31)21-39(61)71-40(62)22-36-44(50)73-48(56-36)58-46(64)42(70-38-16-6-26(52)18-34(38)54)24-3-11-30(12-4-24)75(67,68)32-14-8-28(60)20-32/h1-6,9-12,15-18,31-32,41-42H,7-8,13-14,19-22H2,(H,55,57,63)(H,56,58,64). The molecule has 0 radical (unpaired) electrons. The number of ketones is 2. The molecule has 2 amide bonds. The molecule has 4 atom stereocenters. The van der Waals surface area contributed by atoms with Crippen molar-refractivity contribution in [1.82, 2.24) is 9.97 Å². The summed E-state index contributed by atoms with van der Waals surface area (Å²) in [6.07, 6.45) is -4.58.